The maximum absolute atomic E-state index is 10.2. The number of hydrogen-bond acceptors (Lipinski definition) is 2. The lowest BCUT2D eigenvalue weighted by atomic mass is 9.90. The van der Waals surface area contributed by atoms with Crippen LogP contribution in [0.1, 0.15) is 30.6 Å². The van der Waals surface area contributed by atoms with Crippen LogP contribution in [0.4, 0.5) is 0 Å². The lowest BCUT2D eigenvalue weighted by Crippen LogP contribution is -2.19. The van der Waals surface area contributed by atoms with Crippen molar-refractivity contribution >= 4 is 0 Å². The minimum Gasteiger partial charge on any atom is -0.388 e. The van der Waals surface area contributed by atoms with E-state index < -0.39 is 0 Å². The van der Waals surface area contributed by atoms with Crippen molar-refractivity contribution < 1.29 is 9.84 Å². The molecule has 0 bridgehead atoms. The third-order valence-electron chi connectivity index (χ3n) is 3.22. The van der Waals surface area contributed by atoms with Crippen LogP contribution in [0.5, 0.6) is 0 Å². The third kappa shape index (κ3) is 2.21. The first kappa shape index (κ1) is 10.7. The normalized spacial score (nSPS) is 27.9. The quantitative estimate of drug-likeness (QED) is 0.805. The largest absolute Gasteiger partial charge is 0.388 e. The molecule has 15 heavy (non-hydrogen) atoms. The highest BCUT2D eigenvalue weighted by molar-refractivity contribution is 5.24. The Morgan fingerprint density at radius 1 is 1.47 bits per heavy atom. The maximum Gasteiger partial charge on any atom is 0.0843 e. The van der Waals surface area contributed by atoms with Crippen molar-refractivity contribution in [2.75, 3.05) is 6.61 Å². The van der Waals surface area contributed by atoms with Crippen molar-refractivity contribution in [3.63, 3.8) is 0 Å². The second-order valence-corrected chi connectivity index (χ2v) is 4.39. The SMILES string of the molecule is Cc1cccc(C(O)C2CCOC2C)c1. The standard InChI is InChI=1S/C13H18O2/c1-9-4-3-5-11(8-9)13(14)12-6-7-15-10(12)2/h3-5,8,10,12-14H,6-7H2,1-2H3. The molecule has 2 heteroatoms. The first-order valence-electron chi connectivity index (χ1n) is 5.54. The van der Waals surface area contributed by atoms with E-state index in [1.807, 2.05) is 32.0 Å². The van der Waals surface area contributed by atoms with Crippen LogP contribution >= 0.6 is 0 Å². The number of ether oxygens (including phenoxy) is 1. The van der Waals surface area contributed by atoms with E-state index in [2.05, 4.69) is 6.07 Å². The van der Waals surface area contributed by atoms with Gasteiger partial charge in [0.05, 0.1) is 12.2 Å². The zero-order valence-electron chi connectivity index (χ0n) is 9.31. The molecular formula is C13H18O2. The van der Waals surface area contributed by atoms with Gasteiger partial charge in [-0.25, -0.2) is 0 Å². The van der Waals surface area contributed by atoms with E-state index in [9.17, 15) is 5.11 Å². The molecule has 2 nitrogen and oxygen atoms in total. The Bertz CT molecular complexity index is 335. The van der Waals surface area contributed by atoms with Crippen molar-refractivity contribution in [2.45, 2.75) is 32.5 Å². The van der Waals surface area contributed by atoms with Crippen molar-refractivity contribution in [3.05, 3.63) is 35.4 Å². The summed E-state index contributed by atoms with van der Waals surface area (Å²) in [5, 5.41) is 10.2. The monoisotopic (exact) mass is 206 g/mol. The summed E-state index contributed by atoms with van der Waals surface area (Å²) in [7, 11) is 0. The fraction of sp³-hybridized carbons (Fsp3) is 0.538. The summed E-state index contributed by atoms with van der Waals surface area (Å²) in [5.41, 5.74) is 2.20. The van der Waals surface area contributed by atoms with Crippen molar-refractivity contribution in [3.8, 4) is 0 Å². The Labute approximate surface area is 90.9 Å². The minimum atomic E-state index is -0.387. The summed E-state index contributed by atoms with van der Waals surface area (Å²) in [6.07, 6.45) is 0.735. The molecule has 0 aromatic heterocycles. The van der Waals surface area contributed by atoms with Crippen molar-refractivity contribution in [1.82, 2.24) is 0 Å². The van der Waals surface area contributed by atoms with Crippen LogP contribution in [-0.2, 0) is 4.74 Å². The second kappa shape index (κ2) is 4.33. The van der Waals surface area contributed by atoms with Gasteiger partial charge in [-0.1, -0.05) is 29.8 Å². The highest BCUT2D eigenvalue weighted by Crippen LogP contribution is 2.33. The summed E-state index contributed by atoms with van der Waals surface area (Å²) in [6, 6.07) is 8.08. The topological polar surface area (TPSA) is 29.5 Å². The lowest BCUT2D eigenvalue weighted by Gasteiger charge is -2.21. The third-order valence-corrected chi connectivity index (χ3v) is 3.22. The van der Waals surface area contributed by atoms with Gasteiger partial charge in [-0.05, 0) is 25.8 Å². The summed E-state index contributed by atoms with van der Waals surface area (Å²) in [6.45, 7) is 4.86. The molecule has 1 aliphatic heterocycles. The molecule has 3 atom stereocenters. The van der Waals surface area contributed by atoms with E-state index in [0.717, 1.165) is 18.6 Å². The number of benzene rings is 1. The molecule has 0 amide bonds. The Kier molecular flexibility index (Phi) is 3.08. The summed E-state index contributed by atoms with van der Waals surface area (Å²) in [5.74, 6) is 0.242. The molecule has 1 aromatic rings. The van der Waals surface area contributed by atoms with Gasteiger partial charge in [0, 0.05) is 12.5 Å². The molecule has 0 radical (unpaired) electrons. The van der Waals surface area contributed by atoms with E-state index in [-0.39, 0.29) is 18.1 Å². The van der Waals surface area contributed by atoms with Crippen LogP contribution in [0, 0.1) is 12.8 Å². The number of rotatable bonds is 2. The molecule has 1 heterocycles. The van der Waals surface area contributed by atoms with Crippen molar-refractivity contribution in [2.24, 2.45) is 5.92 Å². The number of hydrogen-bond donors (Lipinski definition) is 1. The van der Waals surface area contributed by atoms with E-state index in [4.69, 9.17) is 4.74 Å². The Morgan fingerprint density at radius 2 is 2.27 bits per heavy atom. The lowest BCUT2D eigenvalue weighted by molar-refractivity contribution is 0.0431. The maximum atomic E-state index is 10.2. The predicted octanol–water partition coefficient (Wildman–Crippen LogP) is 2.45. The Balaban J connectivity index is 2.16. The van der Waals surface area contributed by atoms with Crippen molar-refractivity contribution in [1.29, 1.82) is 0 Å². The van der Waals surface area contributed by atoms with Gasteiger partial charge in [-0.2, -0.15) is 0 Å². The molecule has 0 aliphatic carbocycles. The zero-order chi connectivity index (χ0) is 10.8. The Hall–Kier alpha value is -0.860. The second-order valence-electron chi connectivity index (χ2n) is 4.39. The average Bonchev–Trinajstić information content (AvgIpc) is 2.63. The molecular weight excluding hydrogens is 188 g/mol. The van der Waals surface area contributed by atoms with E-state index in [1.165, 1.54) is 5.56 Å². The van der Waals surface area contributed by atoms with Gasteiger partial charge < -0.3 is 9.84 Å². The predicted molar refractivity (Wildman–Crippen MR) is 59.7 cm³/mol. The molecule has 1 aliphatic rings. The molecule has 3 unspecified atom stereocenters. The van der Waals surface area contributed by atoms with Crippen LogP contribution in [0.25, 0.3) is 0 Å². The van der Waals surface area contributed by atoms with Gasteiger partial charge in [0.2, 0.25) is 0 Å². The fourth-order valence-corrected chi connectivity index (χ4v) is 2.26. The summed E-state index contributed by atoms with van der Waals surface area (Å²) in [4.78, 5) is 0. The summed E-state index contributed by atoms with van der Waals surface area (Å²) >= 11 is 0. The van der Waals surface area contributed by atoms with Crippen LogP contribution in [0.15, 0.2) is 24.3 Å². The highest BCUT2D eigenvalue weighted by atomic mass is 16.5. The van der Waals surface area contributed by atoms with Gasteiger partial charge in [-0.3, -0.25) is 0 Å². The van der Waals surface area contributed by atoms with Crippen LogP contribution in [0.3, 0.4) is 0 Å². The van der Waals surface area contributed by atoms with Gasteiger partial charge in [0.1, 0.15) is 0 Å². The van der Waals surface area contributed by atoms with Crippen LogP contribution < -0.4 is 0 Å². The van der Waals surface area contributed by atoms with E-state index in [0.29, 0.717) is 0 Å². The van der Waals surface area contributed by atoms with Gasteiger partial charge >= 0.3 is 0 Å². The Morgan fingerprint density at radius 3 is 2.87 bits per heavy atom. The average molecular weight is 206 g/mol. The summed E-state index contributed by atoms with van der Waals surface area (Å²) < 4.78 is 5.48. The molecule has 1 N–H and O–H groups in total. The first-order valence-corrected chi connectivity index (χ1v) is 5.54. The first-order chi connectivity index (χ1) is 7.18. The van der Waals surface area contributed by atoms with Gasteiger partial charge in [-0.15, -0.1) is 0 Å². The smallest absolute Gasteiger partial charge is 0.0843 e. The van der Waals surface area contributed by atoms with Crippen LogP contribution in [0.2, 0.25) is 0 Å². The van der Waals surface area contributed by atoms with E-state index >= 15 is 0 Å². The molecule has 1 saturated heterocycles. The van der Waals surface area contributed by atoms with Gasteiger partial charge in [0.15, 0.2) is 0 Å². The molecule has 1 aromatic carbocycles. The van der Waals surface area contributed by atoms with Crippen LogP contribution in [-0.4, -0.2) is 17.8 Å². The molecule has 1 fully saturated rings. The molecule has 0 spiro atoms. The minimum absolute atomic E-state index is 0.167. The molecule has 82 valence electrons. The zero-order valence-corrected chi connectivity index (χ0v) is 9.31. The van der Waals surface area contributed by atoms with Gasteiger partial charge in [0.25, 0.3) is 0 Å². The molecule has 0 saturated carbocycles. The highest BCUT2D eigenvalue weighted by Gasteiger charge is 2.31. The number of aliphatic hydroxyl groups excluding tert-OH is 1. The van der Waals surface area contributed by atoms with E-state index in [1.54, 1.807) is 0 Å². The fourth-order valence-electron chi connectivity index (χ4n) is 2.26. The number of aliphatic hydroxyl groups is 1. The molecule has 2 rings (SSSR count). The number of aryl methyl sites for hydroxylation is 1.